The number of rotatable bonds is 6. The van der Waals surface area contributed by atoms with Gasteiger partial charge in [0, 0.05) is 36.6 Å². The van der Waals surface area contributed by atoms with Crippen LogP contribution >= 0.6 is 0 Å². The number of aromatic nitrogens is 2. The minimum Gasteiger partial charge on any atom is -0.454 e. The quantitative estimate of drug-likeness (QED) is 0.424. The van der Waals surface area contributed by atoms with E-state index in [9.17, 15) is 18.4 Å². The highest BCUT2D eigenvalue weighted by atomic mass is 19.1. The number of nitrogens with one attached hydrogen (secondary N) is 1. The fraction of sp³-hybridized carbons (Fsp3) is 0.115. The van der Waals surface area contributed by atoms with Crippen molar-refractivity contribution in [2.45, 2.75) is 12.8 Å². The average Bonchev–Trinajstić information content (AvgIpc) is 3.31. The number of halogens is 2. The molecule has 0 unspecified atom stereocenters. The molecule has 0 saturated carbocycles. The summed E-state index contributed by atoms with van der Waals surface area (Å²) in [6.45, 7) is 0.745. The molecule has 0 saturated heterocycles. The Morgan fingerprint density at radius 3 is 2.68 bits per heavy atom. The fourth-order valence-electron chi connectivity index (χ4n) is 3.92. The van der Waals surface area contributed by atoms with Crippen molar-refractivity contribution in [3.63, 3.8) is 0 Å². The van der Waals surface area contributed by atoms with E-state index < -0.39 is 23.0 Å². The van der Waals surface area contributed by atoms with E-state index in [1.165, 1.54) is 53.2 Å². The normalized spacial score (nSPS) is 12.2. The van der Waals surface area contributed by atoms with E-state index in [-0.39, 0.29) is 17.7 Å². The van der Waals surface area contributed by atoms with Crippen molar-refractivity contribution in [3.8, 4) is 17.2 Å². The lowest BCUT2D eigenvalue weighted by Crippen LogP contribution is -2.25. The number of fused-ring (bicyclic) bond motifs is 1. The first kappa shape index (κ1) is 21.5. The first-order valence-corrected chi connectivity index (χ1v) is 10.7. The average molecular weight is 459 g/mol. The molecule has 8 heteroatoms. The molecule has 34 heavy (non-hydrogen) atoms. The Morgan fingerprint density at radius 1 is 1.06 bits per heavy atom. The van der Waals surface area contributed by atoms with E-state index in [4.69, 9.17) is 4.74 Å². The number of Topliss-reactive ketones (excluding diaryl/α,β-unsaturated/α-hetero) is 1. The second-order valence-corrected chi connectivity index (χ2v) is 7.85. The maximum Gasteiger partial charge on any atom is 0.265 e. The van der Waals surface area contributed by atoms with Gasteiger partial charge < -0.3 is 10.1 Å². The van der Waals surface area contributed by atoms with Crippen molar-refractivity contribution < 1.29 is 18.3 Å². The predicted molar refractivity (Wildman–Crippen MR) is 123 cm³/mol. The number of carbonyl (C=O) groups excluding carboxylic acids is 1. The van der Waals surface area contributed by atoms with Crippen molar-refractivity contribution in [1.29, 1.82) is 0 Å². The van der Waals surface area contributed by atoms with Gasteiger partial charge in [0.2, 0.25) is 0 Å². The summed E-state index contributed by atoms with van der Waals surface area (Å²) in [5, 5.41) is 3.14. The number of anilines is 1. The maximum atomic E-state index is 14.8. The van der Waals surface area contributed by atoms with E-state index in [0.29, 0.717) is 17.0 Å². The van der Waals surface area contributed by atoms with Gasteiger partial charge in [0.25, 0.3) is 5.56 Å². The van der Waals surface area contributed by atoms with Gasteiger partial charge in [-0.25, -0.2) is 13.8 Å². The lowest BCUT2D eigenvalue weighted by molar-refractivity contribution is 0.0991. The molecule has 0 fully saturated rings. The summed E-state index contributed by atoms with van der Waals surface area (Å²) in [5.41, 5.74) is 1.18. The molecule has 6 nitrogen and oxygen atoms in total. The smallest absolute Gasteiger partial charge is 0.265 e. The van der Waals surface area contributed by atoms with Crippen molar-refractivity contribution in [2.24, 2.45) is 0 Å². The van der Waals surface area contributed by atoms with Gasteiger partial charge in [-0.2, -0.15) is 0 Å². The molecule has 0 spiro atoms. The molecule has 0 amide bonds. The Labute approximate surface area is 193 Å². The van der Waals surface area contributed by atoms with Crippen molar-refractivity contribution >= 4 is 11.6 Å². The third kappa shape index (κ3) is 4.17. The Kier molecular flexibility index (Phi) is 5.63. The zero-order chi connectivity index (χ0) is 23.7. The number of hydrogen-bond acceptors (Lipinski definition) is 5. The Hall–Kier alpha value is -4.33. The summed E-state index contributed by atoms with van der Waals surface area (Å²) in [5.74, 6) is -0.192. The van der Waals surface area contributed by atoms with Crippen LogP contribution in [0.4, 0.5) is 14.6 Å². The van der Waals surface area contributed by atoms with E-state index in [0.717, 1.165) is 24.3 Å². The molecule has 170 valence electrons. The van der Waals surface area contributed by atoms with Crippen LogP contribution in [0.2, 0.25) is 0 Å². The molecule has 5 rings (SSSR count). The highest BCUT2D eigenvalue weighted by Crippen LogP contribution is 2.33. The van der Waals surface area contributed by atoms with Crippen molar-refractivity contribution in [1.82, 2.24) is 9.55 Å². The van der Waals surface area contributed by atoms with Gasteiger partial charge in [0.05, 0.1) is 5.56 Å². The van der Waals surface area contributed by atoms with Gasteiger partial charge >= 0.3 is 0 Å². The summed E-state index contributed by atoms with van der Waals surface area (Å²) in [7, 11) is 0. The molecule has 2 aromatic carbocycles. The van der Waals surface area contributed by atoms with Gasteiger partial charge in [0.1, 0.15) is 17.4 Å². The lowest BCUT2D eigenvalue weighted by Gasteiger charge is -2.11. The van der Waals surface area contributed by atoms with Gasteiger partial charge in [-0.15, -0.1) is 0 Å². The molecule has 0 aliphatic carbocycles. The van der Waals surface area contributed by atoms with Crippen molar-refractivity contribution in [3.05, 3.63) is 112 Å². The number of nitrogens with zero attached hydrogens (tertiary/aromatic N) is 2. The number of ketones is 1. The van der Waals surface area contributed by atoms with Crippen LogP contribution in [0.5, 0.6) is 11.5 Å². The zero-order valence-corrected chi connectivity index (χ0v) is 17.9. The molecule has 0 radical (unpaired) electrons. The summed E-state index contributed by atoms with van der Waals surface area (Å²) in [6, 6.07) is 14.3. The van der Waals surface area contributed by atoms with Crippen molar-refractivity contribution in [2.75, 3.05) is 11.9 Å². The highest BCUT2D eigenvalue weighted by molar-refractivity contribution is 5.97. The fourth-order valence-corrected chi connectivity index (χ4v) is 3.92. The summed E-state index contributed by atoms with van der Waals surface area (Å²) in [6.07, 6.45) is 3.67. The van der Waals surface area contributed by atoms with Gasteiger partial charge in [-0.1, -0.05) is 6.07 Å². The second kappa shape index (κ2) is 8.90. The Balaban J connectivity index is 1.35. The van der Waals surface area contributed by atoms with E-state index in [2.05, 4.69) is 10.3 Å². The third-order valence-corrected chi connectivity index (χ3v) is 5.61. The molecule has 3 heterocycles. The van der Waals surface area contributed by atoms with Crippen LogP contribution in [0.3, 0.4) is 0 Å². The second-order valence-electron chi connectivity index (χ2n) is 7.85. The first-order chi connectivity index (χ1) is 16.5. The minimum absolute atomic E-state index is 0.0348. The number of ether oxygens (including phenoxy) is 1. The number of carbonyl (C=O) groups is 1. The van der Waals surface area contributed by atoms with Crippen LogP contribution in [0, 0.1) is 11.6 Å². The summed E-state index contributed by atoms with van der Waals surface area (Å²) >= 11 is 0. The molecule has 1 aliphatic rings. The Bertz CT molecular complexity index is 1450. The molecule has 0 atom stereocenters. The van der Waals surface area contributed by atoms with E-state index in [1.54, 1.807) is 24.4 Å². The maximum absolute atomic E-state index is 14.8. The van der Waals surface area contributed by atoms with Gasteiger partial charge in [0.15, 0.2) is 17.3 Å². The standard InChI is InChI=1S/C26H19F2N3O3/c27-17-4-6-18(7-5-17)31-13-1-2-19(26(31)33)22(32)15-16-3-8-24(21(28)14-16)34-23-10-12-30-25-20(23)9-11-29-25/h1-8,10,12-14H,9,11,15H2,(H,29,30). The number of benzene rings is 2. The summed E-state index contributed by atoms with van der Waals surface area (Å²) < 4.78 is 35.0. The largest absolute Gasteiger partial charge is 0.454 e. The highest BCUT2D eigenvalue weighted by Gasteiger charge is 2.19. The van der Waals surface area contributed by atoms with Crippen LogP contribution in [0.15, 0.2) is 77.9 Å². The minimum atomic E-state index is -0.612. The van der Waals surface area contributed by atoms with Crippen LogP contribution in [-0.4, -0.2) is 21.9 Å². The van der Waals surface area contributed by atoms with E-state index in [1.807, 2.05) is 0 Å². The first-order valence-electron chi connectivity index (χ1n) is 10.7. The van der Waals surface area contributed by atoms with Crippen LogP contribution in [-0.2, 0) is 12.8 Å². The SMILES string of the molecule is O=C(Cc1ccc(Oc2ccnc3c2CCN3)c(F)c1)c1cccn(-c2ccc(F)cc2)c1=O. The topological polar surface area (TPSA) is 73.2 Å². The number of hydrogen-bond donors (Lipinski definition) is 1. The third-order valence-electron chi connectivity index (χ3n) is 5.61. The zero-order valence-electron chi connectivity index (χ0n) is 17.9. The van der Waals surface area contributed by atoms with E-state index >= 15 is 0 Å². The molecular weight excluding hydrogens is 440 g/mol. The molecule has 1 aliphatic heterocycles. The lowest BCUT2D eigenvalue weighted by atomic mass is 10.0. The molecule has 2 aromatic heterocycles. The van der Waals surface area contributed by atoms with Gasteiger partial charge in [-0.05, 0) is 66.6 Å². The van der Waals surface area contributed by atoms with Crippen LogP contribution in [0.1, 0.15) is 21.5 Å². The molecule has 4 aromatic rings. The number of pyridine rings is 2. The van der Waals surface area contributed by atoms with Crippen LogP contribution < -0.4 is 15.6 Å². The molecule has 0 bridgehead atoms. The summed E-state index contributed by atoms with van der Waals surface area (Å²) in [4.78, 5) is 29.9. The monoisotopic (exact) mass is 459 g/mol. The van der Waals surface area contributed by atoms with Gasteiger partial charge in [-0.3, -0.25) is 14.2 Å². The molecular formula is C26H19F2N3O3. The molecule has 1 N–H and O–H groups in total. The Morgan fingerprint density at radius 2 is 1.88 bits per heavy atom. The van der Waals surface area contributed by atoms with Crippen LogP contribution in [0.25, 0.3) is 5.69 Å². The predicted octanol–water partition coefficient (Wildman–Crippen LogP) is 4.70.